The lowest BCUT2D eigenvalue weighted by atomic mass is 10.1. The molecule has 5 heterocycles. The molecule has 398 valence electrons. The number of fused-ring (bicyclic) bond motifs is 1. The number of benzene rings is 1. The van der Waals surface area contributed by atoms with Crippen LogP contribution < -0.4 is 37.4 Å². The van der Waals surface area contributed by atoms with Gasteiger partial charge in [-0.05, 0) is 18.6 Å². The second-order valence-electron chi connectivity index (χ2n) is 15.5. The average Bonchev–Trinajstić information content (AvgIpc) is 4.04. The normalized spacial score (nSPS) is 22.0. The van der Waals surface area contributed by atoms with Crippen molar-refractivity contribution in [2.45, 2.75) is 81.3 Å². The van der Waals surface area contributed by atoms with E-state index in [2.05, 4.69) is 36.4 Å². The van der Waals surface area contributed by atoms with Crippen LogP contribution in [0.3, 0.4) is 0 Å². The first-order valence-corrected chi connectivity index (χ1v) is 24.3. The quantitative estimate of drug-likeness (QED) is 0.0108. The van der Waals surface area contributed by atoms with E-state index in [0.29, 0.717) is 0 Å². The fourth-order valence-electron chi connectivity index (χ4n) is 7.22. The van der Waals surface area contributed by atoms with Gasteiger partial charge >= 0.3 is 33.4 Å². The number of methoxy groups -OCH3 is 2. The summed E-state index contributed by atoms with van der Waals surface area (Å²) in [7, 11) is -7.89. The number of hydroxylamine groups is 1. The zero-order valence-electron chi connectivity index (χ0n) is 38.3. The molecule has 1 aromatic carbocycles. The van der Waals surface area contributed by atoms with Crippen LogP contribution in [-0.2, 0) is 62.7 Å². The smallest absolute Gasteiger partial charge is 0.472 e. The molecule has 2 aliphatic heterocycles. The number of phosphoric acid groups is 2. The van der Waals surface area contributed by atoms with Crippen LogP contribution in [0.15, 0.2) is 54.5 Å². The Balaban J connectivity index is 1.17. The van der Waals surface area contributed by atoms with Crippen molar-refractivity contribution < 1.29 is 95.1 Å². The van der Waals surface area contributed by atoms with Gasteiger partial charge in [-0.2, -0.15) is 10.5 Å². The zero-order valence-corrected chi connectivity index (χ0v) is 40.1. The van der Waals surface area contributed by atoms with Gasteiger partial charge in [0.1, 0.15) is 61.0 Å². The number of anilines is 2. The molecule has 0 bridgehead atoms. The molecular formula is C38H49N11O22P2. The standard InChI is InChI=1S/C38H49N11O22P2/c1-4-5-6-28(50)44-20(8-10-65-46-38(54)64-14-19-11-22(62-2)23(63-3)12-21(19)49(55)56)36(52)70-32-26(69-35(31(32)51)48-18-43-30-33(40)41-17-42-34(30)48)16-67-73(60,61)71-24-13-29(47-9-7-27(39)45-37(47)53)68-25(24)15-66-72(57,58)59/h4,7,9,11-12,17-18,20,24-26,29,31-32,35,51H,1,5-6,8,10,13-16H2,2-3H3,(H,44,50)(H,46,54)(H,60,61)(H2,39,45,53)(H2,40,41,42)(H2,57,58,59)/t20?,24-,25+,26+,29+,31+,32+,35+/m0/s1. The fourth-order valence-corrected chi connectivity index (χ4v) is 8.52. The van der Waals surface area contributed by atoms with E-state index in [0.717, 1.165) is 23.3 Å². The molecule has 0 aliphatic carbocycles. The van der Waals surface area contributed by atoms with E-state index in [9.17, 15) is 58.2 Å². The highest BCUT2D eigenvalue weighted by Crippen LogP contribution is 2.50. The van der Waals surface area contributed by atoms with Crippen molar-refractivity contribution >= 4 is 62.1 Å². The number of nitro groups is 1. The maximum Gasteiger partial charge on any atom is 0.472 e. The van der Waals surface area contributed by atoms with Gasteiger partial charge in [-0.3, -0.25) is 42.5 Å². The number of phosphoric ester groups is 2. The molecule has 0 saturated carbocycles. The molecule has 73 heavy (non-hydrogen) atoms. The largest absolute Gasteiger partial charge is 0.493 e. The summed E-state index contributed by atoms with van der Waals surface area (Å²) in [6.07, 6.45) is -8.32. The summed E-state index contributed by atoms with van der Waals surface area (Å²) in [5.41, 5.74) is 12.2. The number of carbonyl (C=O) groups excluding carboxylic acids is 3. The highest BCUT2D eigenvalue weighted by atomic mass is 31.2. The number of carbonyl (C=O) groups is 3. The van der Waals surface area contributed by atoms with Crippen LogP contribution in [0, 0.1) is 10.1 Å². The fraction of sp³-hybridized carbons (Fsp3) is 0.474. The van der Waals surface area contributed by atoms with Gasteiger partial charge in [-0.25, -0.2) is 38.5 Å². The number of nitrogens with zero attached hydrogens (tertiary/aromatic N) is 7. The Morgan fingerprint density at radius 1 is 1.05 bits per heavy atom. The van der Waals surface area contributed by atoms with Crippen molar-refractivity contribution in [2.75, 3.05) is 45.5 Å². The number of nitrogens with two attached hydrogens (primary N) is 2. The van der Waals surface area contributed by atoms with Gasteiger partial charge < -0.3 is 65.0 Å². The molecule has 2 aliphatic rings. The van der Waals surface area contributed by atoms with Gasteiger partial charge in [-0.15, -0.1) is 6.58 Å². The predicted octanol–water partition coefficient (Wildman–Crippen LogP) is -0.0588. The van der Waals surface area contributed by atoms with Crippen LogP contribution in [0.1, 0.15) is 43.7 Å². The third-order valence-corrected chi connectivity index (χ3v) is 12.1. The number of aromatic nitrogens is 6. The first-order valence-electron chi connectivity index (χ1n) is 21.3. The number of aliphatic hydroxyl groups excluding tert-OH is 1. The number of aliphatic hydroxyl groups is 1. The highest BCUT2D eigenvalue weighted by molar-refractivity contribution is 7.47. The van der Waals surface area contributed by atoms with Crippen LogP contribution >= 0.6 is 15.6 Å². The van der Waals surface area contributed by atoms with E-state index in [4.69, 9.17) is 53.8 Å². The maximum atomic E-state index is 14.0. The molecule has 33 nitrogen and oxygen atoms in total. The first-order chi connectivity index (χ1) is 34.6. The molecule has 4 aromatic rings. The number of allylic oxidation sites excluding steroid dienone is 1. The van der Waals surface area contributed by atoms with Crippen LogP contribution in [0.4, 0.5) is 22.1 Å². The average molecular weight is 1070 g/mol. The predicted molar refractivity (Wildman–Crippen MR) is 241 cm³/mol. The molecule has 9 atom stereocenters. The minimum atomic E-state index is -5.33. The van der Waals surface area contributed by atoms with Crippen LogP contribution in [-0.4, -0.2) is 142 Å². The molecule has 2 saturated heterocycles. The summed E-state index contributed by atoms with van der Waals surface area (Å²) in [4.78, 5) is 114. The minimum absolute atomic E-state index is 0.0339. The van der Waals surface area contributed by atoms with E-state index < -0.39 is 138 Å². The number of nitrogens with one attached hydrogen (secondary N) is 2. The molecule has 0 spiro atoms. The lowest BCUT2D eigenvalue weighted by Crippen LogP contribution is -2.47. The maximum absolute atomic E-state index is 14.0. The Kier molecular flexibility index (Phi) is 18.5. The van der Waals surface area contributed by atoms with Gasteiger partial charge in [0.2, 0.25) is 5.91 Å². The van der Waals surface area contributed by atoms with E-state index in [1.54, 1.807) is 0 Å². The van der Waals surface area contributed by atoms with E-state index in [1.807, 2.05) is 5.48 Å². The summed E-state index contributed by atoms with van der Waals surface area (Å²) in [5.74, 6) is -1.93. The summed E-state index contributed by atoms with van der Waals surface area (Å²) in [6, 6.07) is 1.97. The van der Waals surface area contributed by atoms with Crippen molar-refractivity contribution in [3.05, 3.63) is 75.9 Å². The van der Waals surface area contributed by atoms with E-state index in [1.165, 1.54) is 43.2 Å². The number of rotatable bonds is 25. The van der Waals surface area contributed by atoms with E-state index in [-0.39, 0.29) is 52.7 Å². The summed E-state index contributed by atoms with van der Waals surface area (Å²) < 4.78 is 75.3. The van der Waals surface area contributed by atoms with Crippen molar-refractivity contribution in [2.24, 2.45) is 0 Å². The van der Waals surface area contributed by atoms with Crippen molar-refractivity contribution in [1.82, 2.24) is 39.9 Å². The Bertz CT molecular complexity index is 2810. The molecule has 2 amide bonds. The SMILES string of the molecule is C=CCCC(=O)NC(CCONC(=O)OCc1cc(OC)c(OC)cc1[N+](=O)[O-])C(=O)O[C@H]1[C@@H](O)[C@H](n2cnc3c(N)ncnc32)O[C@@H]1COP(=O)(O)O[C@H]1C[C@H](n2ccc(N)nc2=O)O[C@@H]1COP(=O)(O)O. The summed E-state index contributed by atoms with van der Waals surface area (Å²) in [5, 5.41) is 25.9. The Morgan fingerprint density at radius 2 is 1.78 bits per heavy atom. The molecule has 2 unspecified atom stereocenters. The number of esters is 1. The third-order valence-electron chi connectivity index (χ3n) is 10.6. The number of nitrogen functional groups attached to an aromatic ring is 2. The van der Waals surface area contributed by atoms with Crippen LogP contribution in [0.2, 0.25) is 0 Å². The molecule has 35 heteroatoms. The van der Waals surface area contributed by atoms with Crippen molar-refractivity contribution in [3.63, 3.8) is 0 Å². The van der Waals surface area contributed by atoms with Gasteiger partial charge in [0.15, 0.2) is 35.3 Å². The van der Waals surface area contributed by atoms with Crippen molar-refractivity contribution in [3.8, 4) is 11.5 Å². The second kappa shape index (κ2) is 24.3. The number of hydrogen-bond donors (Lipinski definition) is 8. The third kappa shape index (κ3) is 14.5. The first kappa shape index (κ1) is 55.6. The molecule has 6 rings (SSSR count). The number of imidazole rings is 1. The van der Waals surface area contributed by atoms with Crippen LogP contribution in [0.5, 0.6) is 11.5 Å². The molecule has 3 aromatic heterocycles. The highest BCUT2D eigenvalue weighted by Gasteiger charge is 2.50. The van der Waals surface area contributed by atoms with Gasteiger partial charge in [0.05, 0.1) is 56.9 Å². The molecule has 2 fully saturated rings. The molecule has 0 radical (unpaired) electrons. The second-order valence-corrected chi connectivity index (χ2v) is 18.1. The lowest BCUT2D eigenvalue weighted by molar-refractivity contribution is -0.385. The Labute approximate surface area is 410 Å². The Morgan fingerprint density at radius 3 is 2.47 bits per heavy atom. The Hall–Kier alpha value is -6.74. The van der Waals surface area contributed by atoms with Gasteiger partial charge in [0.25, 0.3) is 5.69 Å². The van der Waals surface area contributed by atoms with Crippen LogP contribution in [0.25, 0.3) is 11.2 Å². The summed E-state index contributed by atoms with van der Waals surface area (Å²) in [6.45, 7) is 0.515. The number of nitro benzene ring substituents is 1. The van der Waals surface area contributed by atoms with Gasteiger partial charge in [-0.1, -0.05) is 6.08 Å². The molecule has 10 N–H and O–H groups in total. The number of ether oxygens (including phenoxy) is 6. The van der Waals surface area contributed by atoms with Crippen molar-refractivity contribution in [1.29, 1.82) is 0 Å². The monoisotopic (exact) mass is 1070 g/mol. The summed E-state index contributed by atoms with van der Waals surface area (Å²) >= 11 is 0. The minimum Gasteiger partial charge on any atom is -0.493 e. The van der Waals surface area contributed by atoms with Gasteiger partial charge in [0, 0.05) is 25.5 Å². The lowest BCUT2D eigenvalue weighted by Gasteiger charge is -2.25. The number of hydrogen-bond acceptors (Lipinski definition) is 25. The zero-order chi connectivity index (χ0) is 53.2. The topological polar surface area (TPSA) is 456 Å². The van der Waals surface area contributed by atoms with E-state index >= 15 is 0 Å². The molecular weight excluding hydrogens is 1020 g/mol. The number of amides is 2.